The first-order chi connectivity index (χ1) is 8.63. The molecule has 2 fully saturated rings. The molecule has 0 N–H and O–H groups in total. The first-order valence-electron chi connectivity index (χ1n) is 7.10. The van der Waals surface area contributed by atoms with E-state index in [0.29, 0.717) is 30.3 Å². The summed E-state index contributed by atoms with van der Waals surface area (Å²) in [6.07, 6.45) is 3.51. The Bertz CT molecular complexity index is 214. The zero-order valence-corrected chi connectivity index (χ0v) is 11.8. The normalized spacial score (nSPS) is 30.8. The highest BCUT2D eigenvalue weighted by atomic mass is 16.6. The molecule has 0 spiro atoms. The second-order valence-corrected chi connectivity index (χ2v) is 5.78. The van der Waals surface area contributed by atoms with Gasteiger partial charge in [0.1, 0.15) is 12.2 Å². The molecule has 4 heteroatoms. The van der Waals surface area contributed by atoms with Crippen LogP contribution in [0.5, 0.6) is 0 Å². The summed E-state index contributed by atoms with van der Waals surface area (Å²) in [6, 6.07) is 0. The lowest BCUT2D eigenvalue weighted by atomic mass is 9.98. The minimum Gasteiger partial charge on any atom is -0.376 e. The second-order valence-electron chi connectivity index (χ2n) is 5.78. The fourth-order valence-electron chi connectivity index (χ4n) is 2.24. The summed E-state index contributed by atoms with van der Waals surface area (Å²) in [6.45, 7) is 9.79. The van der Waals surface area contributed by atoms with Crippen molar-refractivity contribution in [3.8, 4) is 0 Å². The Morgan fingerprint density at radius 2 is 1.28 bits per heavy atom. The second kappa shape index (κ2) is 6.85. The average Bonchev–Trinajstić information content (AvgIpc) is 3.16. The van der Waals surface area contributed by atoms with Crippen molar-refractivity contribution >= 4 is 0 Å². The van der Waals surface area contributed by atoms with E-state index in [1.165, 1.54) is 0 Å². The van der Waals surface area contributed by atoms with E-state index in [-0.39, 0.29) is 0 Å². The predicted octanol–water partition coefficient (Wildman–Crippen LogP) is 2.01. The van der Waals surface area contributed by atoms with Crippen LogP contribution >= 0.6 is 0 Å². The fourth-order valence-corrected chi connectivity index (χ4v) is 2.24. The molecule has 0 aromatic rings. The molecule has 2 aliphatic heterocycles. The van der Waals surface area contributed by atoms with E-state index in [2.05, 4.69) is 20.8 Å². The third kappa shape index (κ3) is 6.14. The zero-order chi connectivity index (χ0) is 13.0. The van der Waals surface area contributed by atoms with Crippen LogP contribution in [0.1, 0.15) is 33.6 Å². The molecule has 0 aliphatic carbocycles. The van der Waals surface area contributed by atoms with Gasteiger partial charge in [0.2, 0.25) is 0 Å². The van der Waals surface area contributed by atoms with Crippen LogP contribution in [0.4, 0.5) is 0 Å². The summed E-state index contributed by atoms with van der Waals surface area (Å²) in [5, 5.41) is 0. The number of hydrogen-bond acceptors (Lipinski definition) is 4. The largest absolute Gasteiger partial charge is 0.376 e. The van der Waals surface area contributed by atoms with Crippen molar-refractivity contribution < 1.29 is 18.9 Å². The molecule has 2 rings (SSSR count). The molecular formula is C14H26O4. The first kappa shape index (κ1) is 14.3. The van der Waals surface area contributed by atoms with Crippen molar-refractivity contribution in [1.82, 2.24) is 0 Å². The summed E-state index contributed by atoms with van der Waals surface area (Å²) >= 11 is 0. The van der Waals surface area contributed by atoms with Gasteiger partial charge in [-0.1, -0.05) is 6.92 Å². The quantitative estimate of drug-likeness (QED) is 0.562. The maximum atomic E-state index is 5.74. The third-order valence-electron chi connectivity index (χ3n) is 3.41. The highest BCUT2D eigenvalue weighted by Crippen LogP contribution is 2.19. The van der Waals surface area contributed by atoms with E-state index < -0.39 is 0 Å². The molecule has 4 atom stereocenters. The Hall–Kier alpha value is -0.160. The van der Waals surface area contributed by atoms with Crippen LogP contribution in [-0.4, -0.2) is 50.8 Å². The van der Waals surface area contributed by atoms with Gasteiger partial charge in [-0.3, -0.25) is 0 Å². The van der Waals surface area contributed by atoms with E-state index in [4.69, 9.17) is 18.9 Å². The summed E-state index contributed by atoms with van der Waals surface area (Å²) in [5.74, 6) is 0.621. The van der Waals surface area contributed by atoms with Crippen LogP contribution in [0.25, 0.3) is 0 Å². The molecule has 2 saturated heterocycles. The number of epoxide rings is 2. The van der Waals surface area contributed by atoms with Gasteiger partial charge >= 0.3 is 0 Å². The van der Waals surface area contributed by atoms with Crippen LogP contribution in [0.2, 0.25) is 0 Å². The molecule has 18 heavy (non-hydrogen) atoms. The van der Waals surface area contributed by atoms with Crippen molar-refractivity contribution in [2.75, 3.05) is 26.4 Å². The Morgan fingerprint density at radius 1 is 0.889 bits per heavy atom. The number of rotatable bonds is 10. The van der Waals surface area contributed by atoms with E-state index in [1.807, 2.05) is 0 Å². The van der Waals surface area contributed by atoms with Crippen LogP contribution in [0, 0.1) is 5.92 Å². The highest BCUT2D eigenvalue weighted by Gasteiger charge is 2.25. The molecule has 0 radical (unpaired) electrons. The van der Waals surface area contributed by atoms with Gasteiger partial charge in [0.15, 0.2) is 0 Å². The topological polar surface area (TPSA) is 43.5 Å². The van der Waals surface area contributed by atoms with E-state index >= 15 is 0 Å². The fraction of sp³-hybridized carbons (Fsp3) is 1.00. The van der Waals surface area contributed by atoms with Crippen molar-refractivity contribution in [3.05, 3.63) is 0 Å². The minimum absolute atomic E-state index is 0.308. The van der Waals surface area contributed by atoms with Crippen molar-refractivity contribution in [3.63, 3.8) is 0 Å². The predicted molar refractivity (Wildman–Crippen MR) is 68.7 cm³/mol. The van der Waals surface area contributed by atoms with E-state index in [0.717, 1.165) is 39.3 Å². The molecular weight excluding hydrogens is 232 g/mol. The van der Waals surface area contributed by atoms with Crippen molar-refractivity contribution in [2.24, 2.45) is 5.92 Å². The van der Waals surface area contributed by atoms with Crippen molar-refractivity contribution in [2.45, 2.75) is 58.0 Å². The van der Waals surface area contributed by atoms with Gasteiger partial charge in [-0.25, -0.2) is 0 Å². The van der Waals surface area contributed by atoms with E-state index in [9.17, 15) is 0 Å². The molecule has 0 amide bonds. The highest BCUT2D eigenvalue weighted by molar-refractivity contribution is 4.71. The summed E-state index contributed by atoms with van der Waals surface area (Å²) in [5.41, 5.74) is 0. The molecule has 0 bridgehead atoms. The lowest BCUT2D eigenvalue weighted by Gasteiger charge is -2.21. The third-order valence-corrected chi connectivity index (χ3v) is 3.41. The number of hydrogen-bond donors (Lipinski definition) is 0. The molecule has 0 aromatic heterocycles. The van der Waals surface area contributed by atoms with Gasteiger partial charge in [-0.15, -0.1) is 0 Å². The SMILES string of the molecule is CC(CC(C)OCC1CO1)CC(C)OCC1CO1. The Kier molecular flexibility index (Phi) is 5.42. The zero-order valence-electron chi connectivity index (χ0n) is 11.8. The van der Waals surface area contributed by atoms with Gasteiger partial charge < -0.3 is 18.9 Å². The van der Waals surface area contributed by atoms with Crippen LogP contribution in [-0.2, 0) is 18.9 Å². The molecule has 2 aliphatic rings. The van der Waals surface area contributed by atoms with Crippen LogP contribution < -0.4 is 0 Å². The Labute approximate surface area is 110 Å². The summed E-state index contributed by atoms with van der Waals surface area (Å²) in [4.78, 5) is 0. The molecule has 0 saturated carbocycles. The monoisotopic (exact) mass is 258 g/mol. The Balaban J connectivity index is 1.49. The standard InChI is InChI=1S/C14H26O4/c1-10(4-11(2)15-6-13-8-17-13)5-12(3)16-7-14-9-18-14/h10-14H,4-9H2,1-3H3. The molecule has 2 heterocycles. The number of ether oxygens (including phenoxy) is 4. The van der Waals surface area contributed by atoms with Crippen LogP contribution in [0.15, 0.2) is 0 Å². The van der Waals surface area contributed by atoms with Gasteiger partial charge in [-0.05, 0) is 32.6 Å². The van der Waals surface area contributed by atoms with Crippen molar-refractivity contribution in [1.29, 1.82) is 0 Å². The summed E-state index contributed by atoms with van der Waals surface area (Å²) in [7, 11) is 0. The molecule has 0 aromatic carbocycles. The van der Waals surface area contributed by atoms with Gasteiger partial charge in [-0.2, -0.15) is 0 Å². The maximum absolute atomic E-state index is 5.74. The maximum Gasteiger partial charge on any atom is 0.104 e. The van der Waals surface area contributed by atoms with Gasteiger partial charge in [0.05, 0.1) is 38.6 Å². The first-order valence-corrected chi connectivity index (χ1v) is 7.10. The van der Waals surface area contributed by atoms with Crippen LogP contribution in [0.3, 0.4) is 0 Å². The van der Waals surface area contributed by atoms with E-state index in [1.54, 1.807) is 0 Å². The Morgan fingerprint density at radius 3 is 1.61 bits per heavy atom. The smallest absolute Gasteiger partial charge is 0.104 e. The lowest BCUT2D eigenvalue weighted by molar-refractivity contribution is 0.0174. The average molecular weight is 258 g/mol. The molecule has 4 unspecified atom stereocenters. The minimum atomic E-state index is 0.308. The molecule has 4 nitrogen and oxygen atoms in total. The lowest BCUT2D eigenvalue weighted by Crippen LogP contribution is -2.20. The van der Waals surface area contributed by atoms with Gasteiger partial charge in [0, 0.05) is 0 Å². The molecule has 106 valence electrons. The summed E-state index contributed by atoms with van der Waals surface area (Å²) < 4.78 is 21.7. The van der Waals surface area contributed by atoms with Gasteiger partial charge in [0.25, 0.3) is 0 Å².